The highest BCUT2D eigenvalue weighted by Gasteiger charge is 2.36. The monoisotopic (exact) mass is 448 g/mol. The molecule has 0 radical (unpaired) electrons. The molecule has 154 valence electrons. The quantitative estimate of drug-likeness (QED) is 0.491. The third kappa shape index (κ3) is 4.48. The molecule has 1 heterocycles. The lowest BCUT2D eigenvalue weighted by atomic mass is 10.1. The van der Waals surface area contributed by atoms with Crippen molar-refractivity contribution >= 4 is 35.0 Å². The van der Waals surface area contributed by atoms with Gasteiger partial charge < -0.3 is 9.80 Å². The van der Waals surface area contributed by atoms with Crippen LogP contribution in [0, 0.1) is 5.82 Å². The van der Waals surface area contributed by atoms with Gasteiger partial charge in [-0.1, -0.05) is 35.3 Å². The van der Waals surface area contributed by atoms with Gasteiger partial charge in [0, 0.05) is 26.2 Å². The third-order valence-corrected chi connectivity index (χ3v) is 5.16. The molecule has 0 bridgehead atoms. The van der Waals surface area contributed by atoms with Gasteiger partial charge in [-0.05, 0) is 24.3 Å². The van der Waals surface area contributed by atoms with Crippen LogP contribution in [0.1, 0.15) is 26.3 Å². The Morgan fingerprint density at radius 3 is 1.90 bits per heavy atom. The number of rotatable bonds is 2. The Bertz CT molecular complexity index is 958. The van der Waals surface area contributed by atoms with Crippen molar-refractivity contribution in [2.24, 2.45) is 0 Å². The van der Waals surface area contributed by atoms with Crippen LogP contribution in [0.25, 0.3) is 0 Å². The van der Waals surface area contributed by atoms with Crippen molar-refractivity contribution in [1.29, 1.82) is 0 Å². The van der Waals surface area contributed by atoms with E-state index in [2.05, 4.69) is 0 Å². The smallest absolute Gasteiger partial charge is 0.335 e. The summed E-state index contributed by atoms with van der Waals surface area (Å²) < 4.78 is 53.1. The SMILES string of the molecule is O=C(c1cc(F)c(Cl)cc1Cl)N1CCN(C(=O)c2ccccc2C(F)(F)F)CC1. The minimum absolute atomic E-state index is 0.0148. The van der Waals surface area contributed by atoms with Crippen LogP contribution in [0.15, 0.2) is 36.4 Å². The lowest BCUT2D eigenvalue weighted by Crippen LogP contribution is -2.50. The van der Waals surface area contributed by atoms with Crippen molar-refractivity contribution in [1.82, 2.24) is 9.80 Å². The number of halogens is 6. The molecule has 2 aromatic rings. The lowest BCUT2D eigenvalue weighted by molar-refractivity contribution is -0.138. The molecule has 1 aliphatic heterocycles. The maximum atomic E-state index is 13.7. The molecule has 0 aliphatic carbocycles. The number of hydrogen-bond acceptors (Lipinski definition) is 2. The van der Waals surface area contributed by atoms with Crippen molar-refractivity contribution in [3.05, 3.63) is 69.0 Å². The molecule has 0 aromatic heterocycles. The normalized spacial score (nSPS) is 14.8. The minimum Gasteiger partial charge on any atom is -0.335 e. The summed E-state index contributed by atoms with van der Waals surface area (Å²) in [5.41, 5.74) is -1.52. The maximum absolute atomic E-state index is 13.7. The van der Waals surface area contributed by atoms with E-state index < -0.39 is 34.9 Å². The number of hydrogen-bond donors (Lipinski definition) is 0. The van der Waals surface area contributed by atoms with Gasteiger partial charge in [-0.3, -0.25) is 9.59 Å². The van der Waals surface area contributed by atoms with E-state index in [-0.39, 0.29) is 41.8 Å². The fourth-order valence-corrected chi connectivity index (χ4v) is 3.52. The Morgan fingerprint density at radius 2 is 1.34 bits per heavy atom. The van der Waals surface area contributed by atoms with E-state index in [0.29, 0.717) is 0 Å². The molecular formula is C19H14Cl2F4N2O2. The first kappa shape index (κ1) is 21.4. The first-order chi connectivity index (χ1) is 13.6. The molecule has 1 saturated heterocycles. The van der Waals surface area contributed by atoms with Gasteiger partial charge in [0.1, 0.15) is 5.82 Å². The lowest BCUT2D eigenvalue weighted by Gasteiger charge is -2.35. The van der Waals surface area contributed by atoms with Crippen LogP contribution in [0.2, 0.25) is 10.0 Å². The Balaban J connectivity index is 1.72. The molecule has 4 nitrogen and oxygen atoms in total. The second-order valence-electron chi connectivity index (χ2n) is 6.37. The Hall–Kier alpha value is -2.32. The number of benzene rings is 2. The van der Waals surface area contributed by atoms with Gasteiger partial charge in [0.15, 0.2) is 0 Å². The van der Waals surface area contributed by atoms with Crippen LogP contribution in [0.5, 0.6) is 0 Å². The highest BCUT2D eigenvalue weighted by atomic mass is 35.5. The van der Waals surface area contributed by atoms with Gasteiger partial charge in [-0.25, -0.2) is 4.39 Å². The number of alkyl halides is 3. The van der Waals surface area contributed by atoms with Gasteiger partial charge in [-0.2, -0.15) is 13.2 Å². The van der Waals surface area contributed by atoms with E-state index in [1.165, 1.54) is 21.9 Å². The molecule has 0 spiro atoms. The molecule has 3 rings (SSSR count). The Kier molecular flexibility index (Phi) is 6.05. The Labute approximate surface area is 173 Å². The molecule has 1 fully saturated rings. The number of piperazine rings is 1. The van der Waals surface area contributed by atoms with E-state index >= 15 is 0 Å². The number of carbonyl (C=O) groups excluding carboxylic acids is 2. The average Bonchev–Trinajstić information content (AvgIpc) is 2.69. The van der Waals surface area contributed by atoms with Gasteiger partial charge in [0.2, 0.25) is 0 Å². The third-order valence-electron chi connectivity index (χ3n) is 4.56. The van der Waals surface area contributed by atoms with E-state index in [4.69, 9.17) is 23.2 Å². The zero-order valence-corrected chi connectivity index (χ0v) is 16.3. The largest absolute Gasteiger partial charge is 0.417 e. The predicted octanol–water partition coefficient (Wildman–Crippen LogP) is 4.75. The van der Waals surface area contributed by atoms with E-state index in [1.54, 1.807) is 0 Å². The molecular weight excluding hydrogens is 435 g/mol. The summed E-state index contributed by atoms with van der Waals surface area (Å²) in [6.07, 6.45) is -4.65. The van der Waals surface area contributed by atoms with E-state index in [9.17, 15) is 27.2 Å². The van der Waals surface area contributed by atoms with Gasteiger partial charge in [0.05, 0.1) is 26.7 Å². The van der Waals surface area contributed by atoms with Crippen molar-refractivity contribution in [2.45, 2.75) is 6.18 Å². The van der Waals surface area contributed by atoms with Crippen LogP contribution in [-0.2, 0) is 6.18 Å². The van der Waals surface area contributed by atoms with Crippen molar-refractivity contribution in [2.75, 3.05) is 26.2 Å². The van der Waals surface area contributed by atoms with Gasteiger partial charge in [-0.15, -0.1) is 0 Å². The summed E-state index contributed by atoms with van der Waals surface area (Å²) in [5.74, 6) is -2.11. The first-order valence-corrected chi connectivity index (χ1v) is 9.24. The van der Waals surface area contributed by atoms with E-state index in [0.717, 1.165) is 24.3 Å². The summed E-state index contributed by atoms with van der Waals surface area (Å²) in [4.78, 5) is 27.8. The molecule has 0 atom stereocenters. The van der Waals surface area contributed by atoms with Crippen LogP contribution >= 0.6 is 23.2 Å². The summed E-state index contributed by atoms with van der Waals surface area (Å²) in [5, 5.41) is -0.232. The van der Waals surface area contributed by atoms with E-state index in [1.807, 2.05) is 0 Å². The predicted molar refractivity (Wildman–Crippen MR) is 99.7 cm³/mol. The number of carbonyl (C=O) groups is 2. The average molecular weight is 449 g/mol. The molecule has 29 heavy (non-hydrogen) atoms. The van der Waals surface area contributed by atoms with Crippen molar-refractivity contribution < 1.29 is 27.2 Å². The molecule has 2 amide bonds. The first-order valence-electron chi connectivity index (χ1n) is 8.49. The molecule has 0 N–H and O–H groups in total. The molecule has 2 aromatic carbocycles. The van der Waals surface area contributed by atoms with Crippen molar-refractivity contribution in [3.8, 4) is 0 Å². The fourth-order valence-electron chi connectivity index (χ4n) is 3.06. The van der Waals surface area contributed by atoms with Crippen LogP contribution < -0.4 is 0 Å². The standard InChI is InChI=1S/C19H14Cl2F4N2O2/c20-14-10-15(21)16(22)9-12(14)18(29)27-7-5-26(6-8-27)17(28)11-3-1-2-4-13(11)19(23,24)25/h1-4,9-10H,5-8H2. The van der Waals surface area contributed by atoms with Crippen LogP contribution in [-0.4, -0.2) is 47.8 Å². The highest BCUT2D eigenvalue weighted by Crippen LogP contribution is 2.32. The second-order valence-corrected chi connectivity index (χ2v) is 7.19. The van der Waals surface area contributed by atoms with Crippen LogP contribution in [0.3, 0.4) is 0 Å². The van der Waals surface area contributed by atoms with Crippen LogP contribution in [0.4, 0.5) is 17.6 Å². The zero-order valence-electron chi connectivity index (χ0n) is 14.8. The maximum Gasteiger partial charge on any atom is 0.417 e. The highest BCUT2D eigenvalue weighted by molar-refractivity contribution is 6.36. The summed E-state index contributed by atoms with van der Waals surface area (Å²) in [7, 11) is 0. The molecule has 0 unspecified atom stereocenters. The van der Waals surface area contributed by atoms with Gasteiger partial charge in [0.25, 0.3) is 11.8 Å². The summed E-state index contributed by atoms with van der Waals surface area (Å²) >= 11 is 11.6. The minimum atomic E-state index is -4.65. The topological polar surface area (TPSA) is 40.6 Å². The molecule has 1 aliphatic rings. The second kappa shape index (κ2) is 8.20. The fraction of sp³-hybridized carbons (Fsp3) is 0.263. The van der Waals surface area contributed by atoms with Gasteiger partial charge >= 0.3 is 6.18 Å². The Morgan fingerprint density at radius 1 is 0.828 bits per heavy atom. The molecule has 0 saturated carbocycles. The zero-order chi connectivity index (χ0) is 21.3. The molecule has 10 heteroatoms. The van der Waals surface area contributed by atoms with Crippen molar-refractivity contribution in [3.63, 3.8) is 0 Å². The summed E-state index contributed by atoms with van der Waals surface area (Å²) in [6, 6.07) is 6.61. The number of nitrogens with zero attached hydrogens (tertiary/aromatic N) is 2. The summed E-state index contributed by atoms with van der Waals surface area (Å²) in [6.45, 7) is 0.202. The number of amides is 2.